The van der Waals surface area contributed by atoms with Gasteiger partial charge in [0.15, 0.2) is 17.1 Å². The summed E-state index contributed by atoms with van der Waals surface area (Å²) in [6.45, 7) is 21.3. The van der Waals surface area contributed by atoms with Crippen LogP contribution in [0.25, 0.3) is 14.5 Å². The molecule has 0 amide bonds. The Kier molecular flexibility index (Phi) is 4.57. The number of nitrogens with zero attached hydrogens (tertiary/aromatic N) is 3. The molecule has 0 heterocycles. The predicted octanol–water partition coefficient (Wildman–Crippen LogP) is 6.52. The molecular formula is C22H13N3. The molecule has 0 unspecified atom stereocenters. The average molecular weight is 319 g/mol. The van der Waals surface area contributed by atoms with Crippen LogP contribution in [-0.4, -0.2) is 0 Å². The molecule has 0 spiro atoms. The fourth-order valence-electron chi connectivity index (χ4n) is 2.80. The van der Waals surface area contributed by atoms with Crippen LogP contribution in [0.1, 0.15) is 22.6 Å². The minimum Gasteiger partial charge on any atom is -0.238 e. The van der Waals surface area contributed by atoms with Crippen molar-refractivity contribution in [1.29, 1.82) is 0 Å². The number of benzene rings is 3. The highest BCUT2D eigenvalue weighted by atomic mass is 14.6. The van der Waals surface area contributed by atoms with Crippen molar-refractivity contribution in [3.05, 3.63) is 124 Å². The van der Waals surface area contributed by atoms with Gasteiger partial charge in [-0.05, 0) is 16.7 Å². The first kappa shape index (κ1) is 16.0. The van der Waals surface area contributed by atoms with Gasteiger partial charge in [-0.1, -0.05) is 72.8 Å². The summed E-state index contributed by atoms with van der Waals surface area (Å²) in [7, 11) is 0. The Morgan fingerprint density at radius 2 is 0.680 bits per heavy atom. The van der Waals surface area contributed by atoms with Crippen LogP contribution in [0.3, 0.4) is 0 Å². The quantitative estimate of drug-likeness (QED) is 0.385. The highest BCUT2D eigenvalue weighted by Crippen LogP contribution is 2.34. The third kappa shape index (κ3) is 3.40. The minimum atomic E-state index is -0.0145. The molecule has 0 fully saturated rings. The van der Waals surface area contributed by atoms with E-state index in [1.54, 1.807) is 0 Å². The Morgan fingerprint density at radius 3 is 0.880 bits per heavy atom. The van der Waals surface area contributed by atoms with Gasteiger partial charge in [0.25, 0.3) is 0 Å². The maximum atomic E-state index is 7.11. The van der Waals surface area contributed by atoms with Gasteiger partial charge in [0.1, 0.15) is 0 Å². The Balaban J connectivity index is 2.10. The number of hydrogen-bond acceptors (Lipinski definition) is 0. The molecule has 116 valence electrons. The van der Waals surface area contributed by atoms with Gasteiger partial charge < -0.3 is 0 Å². The maximum Gasteiger partial charge on any atom is 0.187 e. The molecule has 0 aromatic heterocycles. The minimum absolute atomic E-state index is 0.0145. The first-order chi connectivity index (χ1) is 12.2. The number of hydrogen-bond donors (Lipinski definition) is 0. The van der Waals surface area contributed by atoms with Crippen molar-refractivity contribution in [2.75, 3.05) is 0 Å². The molecule has 0 saturated carbocycles. The van der Waals surface area contributed by atoms with E-state index in [0.717, 1.165) is 16.7 Å². The molecule has 0 N–H and O–H groups in total. The number of rotatable bonds is 3. The van der Waals surface area contributed by atoms with Crippen LogP contribution in [0.4, 0.5) is 17.1 Å². The molecule has 3 aromatic carbocycles. The van der Waals surface area contributed by atoms with E-state index in [1.165, 1.54) is 0 Å². The summed E-state index contributed by atoms with van der Waals surface area (Å²) >= 11 is 0. The standard InChI is InChI=1S/C22H13N3/c1-23-19-10-4-16(5-11-19)22(17-6-12-20(24-2)13-7-17)18-8-14-21(25-3)15-9-18/h4-15,22H. The molecule has 0 atom stereocenters. The predicted molar refractivity (Wildman–Crippen MR) is 99.1 cm³/mol. The van der Waals surface area contributed by atoms with Crippen LogP contribution in [0.2, 0.25) is 0 Å². The lowest BCUT2D eigenvalue weighted by Crippen LogP contribution is -2.02. The molecule has 3 rings (SSSR count). The van der Waals surface area contributed by atoms with Crippen molar-refractivity contribution in [2.45, 2.75) is 5.92 Å². The second-order valence-electron chi connectivity index (χ2n) is 5.54. The second-order valence-corrected chi connectivity index (χ2v) is 5.54. The zero-order valence-corrected chi connectivity index (χ0v) is 13.3. The van der Waals surface area contributed by atoms with E-state index in [4.69, 9.17) is 19.7 Å². The summed E-state index contributed by atoms with van der Waals surface area (Å²) in [5.41, 5.74) is 5.02. The van der Waals surface area contributed by atoms with Crippen LogP contribution in [-0.2, 0) is 0 Å². The second kappa shape index (κ2) is 7.14. The summed E-state index contributed by atoms with van der Waals surface area (Å²) in [6, 6.07) is 22.7. The highest BCUT2D eigenvalue weighted by Gasteiger charge is 2.16. The van der Waals surface area contributed by atoms with Gasteiger partial charge in [0, 0.05) is 5.92 Å². The zero-order valence-electron chi connectivity index (χ0n) is 13.3. The molecular weight excluding hydrogens is 306 g/mol. The molecule has 0 aliphatic rings. The molecule has 0 aliphatic carbocycles. The van der Waals surface area contributed by atoms with Crippen molar-refractivity contribution in [2.24, 2.45) is 0 Å². The van der Waals surface area contributed by atoms with Crippen molar-refractivity contribution in [3.63, 3.8) is 0 Å². The van der Waals surface area contributed by atoms with Gasteiger partial charge in [0.05, 0.1) is 19.7 Å². The molecule has 0 aliphatic heterocycles. The van der Waals surface area contributed by atoms with E-state index in [0.29, 0.717) is 17.1 Å². The van der Waals surface area contributed by atoms with E-state index in [-0.39, 0.29) is 5.92 Å². The lowest BCUT2D eigenvalue weighted by Gasteiger charge is -2.19. The van der Waals surface area contributed by atoms with Gasteiger partial charge >= 0.3 is 0 Å². The van der Waals surface area contributed by atoms with Crippen LogP contribution in [0.5, 0.6) is 0 Å². The van der Waals surface area contributed by atoms with Crippen LogP contribution >= 0.6 is 0 Å². The van der Waals surface area contributed by atoms with Crippen LogP contribution < -0.4 is 0 Å². The van der Waals surface area contributed by atoms with Gasteiger partial charge in [-0.25, -0.2) is 14.5 Å². The average Bonchev–Trinajstić information content (AvgIpc) is 2.70. The summed E-state index contributed by atoms with van der Waals surface area (Å²) in [4.78, 5) is 10.3. The van der Waals surface area contributed by atoms with Crippen LogP contribution in [0, 0.1) is 19.7 Å². The van der Waals surface area contributed by atoms with Crippen molar-refractivity contribution in [3.8, 4) is 0 Å². The van der Waals surface area contributed by atoms with Gasteiger partial charge in [-0.2, -0.15) is 0 Å². The summed E-state index contributed by atoms with van der Waals surface area (Å²) in [5, 5.41) is 0. The maximum absolute atomic E-state index is 7.11. The van der Waals surface area contributed by atoms with E-state index in [9.17, 15) is 0 Å². The summed E-state index contributed by atoms with van der Waals surface area (Å²) in [6.07, 6.45) is 0. The molecule has 25 heavy (non-hydrogen) atoms. The Morgan fingerprint density at radius 1 is 0.440 bits per heavy atom. The lowest BCUT2D eigenvalue weighted by atomic mass is 9.85. The highest BCUT2D eigenvalue weighted by molar-refractivity contribution is 5.54. The molecule has 0 saturated heterocycles. The third-order valence-electron chi connectivity index (χ3n) is 4.07. The van der Waals surface area contributed by atoms with E-state index in [1.807, 2.05) is 72.8 Å². The smallest absolute Gasteiger partial charge is 0.187 e. The van der Waals surface area contributed by atoms with Gasteiger partial charge in [-0.15, -0.1) is 0 Å². The normalized spacial score (nSPS) is 9.84. The summed E-state index contributed by atoms with van der Waals surface area (Å²) < 4.78 is 0. The van der Waals surface area contributed by atoms with Gasteiger partial charge in [-0.3, -0.25) is 0 Å². The fraction of sp³-hybridized carbons (Fsp3) is 0.0455. The van der Waals surface area contributed by atoms with Crippen molar-refractivity contribution < 1.29 is 0 Å². The molecule has 3 heteroatoms. The first-order valence-electron chi connectivity index (χ1n) is 7.67. The summed E-state index contributed by atoms with van der Waals surface area (Å²) in [5.74, 6) is -0.0145. The molecule has 3 nitrogen and oxygen atoms in total. The van der Waals surface area contributed by atoms with Crippen molar-refractivity contribution in [1.82, 2.24) is 0 Å². The Hall–Kier alpha value is -3.87. The van der Waals surface area contributed by atoms with E-state index >= 15 is 0 Å². The van der Waals surface area contributed by atoms with Crippen molar-refractivity contribution >= 4 is 17.1 Å². The SMILES string of the molecule is [C-]#[N+]c1ccc(C(c2ccc([N+]#[C-])cc2)c2ccc([N+]#[C-])cc2)cc1. The zero-order chi connectivity index (χ0) is 17.6. The first-order valence-corrected chi connectivity index (χ1v) is 7.67. The Bertz CT molecular complexity index is 857. The van der Waals surface area contributed by atoms with Crippen LogP contribution in [0.15, 0.2) is 72.8 Å². The van der Waals surface area contributed by atoms with E-state index < -0.39 is 0 Å². The Labute approximate surface area is 147 Å². The lowest BCUT2D eigenvalue weighted by molar-refractivity contribution is 0.979. The third-order valence-corrected chi connectivity index (χ3v) is 4.07. The molecule has 0 radical (unpaired) electrons. The molecule has 3 aromatic rings. The fourth-order valence-corrected chi connectivity index (χ4v) is 2.80. The largest absolute Gasteiger partial charge is 0.238 e. The van der Waals surface area contributed by atoms with E-state index in [2.05, 4.69) is 14.5 Å². The van der Waals surface area contributed by atoms with Gasteiger partial charge in [0.2, 0.25) is 0 Å². The topological polar surface area (TPSA) is 13.1 Å². The monoisotopic (exact) mass is 319 g/mol. The molecule has 0 bridgehead atoms.